The van der Waals surface area contributed by atoms with Gasteiger partial charge in [0.2, 0.25) is 5.88 Å². The largest absolute Gasteiger partial charge is 0.573 e. The number of aromatic nitrogens is 4. The summed E-state index contributed by atoms with van der Waals surface area (Å²) in [7, 11) is 1.32. The van der Waals surface area contributed by atoms with Crippen molar-refractivity contribution in [1.29, 1.82) is 0 Å². The first-order valence-electron chi connectivity index (χ1n) is 12.8. The molecule has 2 aromatic heterocycles. The molecule has 0 spiro atoms. The Morgan fingerprint density at radius 1 is 0.953 bits per heavy atom. The lowest BCUT2D eigenvalue weighted by atomic mass is 10.1. The normalized spacial score (nSPS) is 11.2. The number of imidazole rings is 1. The van der Waals surface area contributed by atoms with Crippen LogP contribution < -0.4 is 29.6 Å². The number of carbonyl (C=O) groups excluding carboxylic acids is 1. The number of methoxy groups -OCH3 is 1. The number of rotatable bonds is 10. The van der Waals surface area contributed by atoms with Gasteiger partial charge in [0.15, 0.2) is 0 Å². The van der Waals surface area contributed by atoms with Gasteiger partial charge < -0.3 is 34.1 Å². The predicted octanol–water partition coefficient (Wildman–Crippen LogP) is 6.56. The van der Waals surface area contributed by atoms with Crippen molar-refractivity contribution in [3.63, 3.8) is 0 Å². The lowest BCUT2D eigenvalue weighted by molar-refractivity contribution is -0.274. The molecule has 43 heavy (non-hydrogen) atoms. The Hall–Kier alpha value is -5.53. The third-order valence-electron chi connectivity index (χ3n) is 5.95. The summed E-state index contributed by atoms with van der Waals surface area (Å²) in [5.74, 6) is 0.357. The maximum Gasteiger partial charge on any atom is 0.573 e. The van der Waals surface area contributed by atoms with E-state index in [2.05, 4.69) is 30.3 Å². The van der Waals surface area contributed by atoms with E-state index >= 15 is 0 Å². The van der Waals surface area contributed by atoms with E-state index in [1.165, 1.54) is 13.2 Å². The van der Waals surface area contributed by atoms with Crippen molar-refractivity contribution in [1.82, 2.24) is 19.5 Å². The summed E-state index contributed by atoms with van der Waals surface area (Å²) >= 11 is 0. The van der Waals surface area contributed by atoms with Crippen LogP contribution in [-0.4, -0.2) is 45.6 Å². The number of ether oxygens (including phenoxy) is 4. The zero-order valence-electron chi connectivity index (χ0n) is 22.9. The van der Waals surface area contributed by atoms with Gasteiger partial charge >= 0.3 is 18.4 Å². The first kappa shape index (κ1) is 29.0. The molecule has 2 heterocycles. The van der Waals surface area contributed by atoms with E-state index in [1.807, 2.05) is 22.9 Å². The highest BCUT2D eigenvalue weighted by Crippen LogP contribution is 2.35. The number of carbonyl (C=O) groups is 1. The number of alkyl halides is 3. The van der Waals surface area contributed by atoms with Gasteiger partial charge in [0, 0.05) is 41.0 Å². The van der Waals surface area contributed by atoms with Gasteiger partial charge in [-0.05, 0) is 31.2 Å². The van der Waals surface area contributed by atoms with E-state index in [4.69, 9.17) is 14.2 Å². The fourth-order valence-corrected chi connectivity index (χ4v) is 4.13. The molecule has 5 aromatic rings. The highest BCUT2D eigenvalue weighted by atomic mass is 19.4. The zero-order valence-corrected chi connectivity index (χ0v) is 22.9. The number of amides is 2. The van der Waals surface area contributed by atoms with Crippen molar-refractivity contribution in [3.05, 3.63) is 85.1 Å². The Morgan fingerprint density at radius 3 is 2.47 bits per heavy atom. The number of nitrogens with zero attached hydrogens (tertiary/aromatic N) is 4. The number of anilines is 2. The van der Waals surface area contributed by atoms with Gasteiger partial charge in [0.25, 0.3) is 0 Å². The summed E-state index contributed by atoms with van der Waals surface area (Å²) in [6.45, 7) is 2.69. The second kappa shape index (κ2) is 12.5. The van der Waals surface area contributed by atoms with Gasteiger partial charge in [-0.15, -0.1) is 13.2 Å². The van der Waals surface area contributed by atoms with Crippen molar-refractivity contribution in [2.24, 2.45) is 0 Å². The first-order chi connectivity index (χ1) is 20.7. The van der Waals surface area contributed by atoms with Crippen LogP contribution in [0.4, 0.5) is 29.3 Å². The SMILES string of the molecule is COc1ccc(OC(F)(F)F)cc1NC(=O)Nc1ccc(Oc2cc(C)nc(OCCn3ccnc3)n2)c2ccccc12. The molecular weight excluding hydrogens is 569 g/mol. The molecular formula is C29H25F3N6O5. The summed E-state index contributed by atoms with van der Waals surface area (Å²) in [6, 6.07) is 14.9. The van der Waals surface area contributed by atoms with Crippen LogP contribution in [0.15, 0.2) is 79.4 Å². The maximum absolute atomic E-state index is 12.9. The van der Waals surface area contributed by atoms with E-state index < -0.39 is 18.1 Å². The monoisotopic (exact) mass is 594 g/mol. The molecule has 2 N–H and O–H groups in total. The molecule has 0 saturated carbocycles. The van der Waals surface area contributed by atoms with Crippen molar-refractivity contribution in [2.75, 3.05) is 24.4 Å². The number of urea groups is 1. The summed E-state index contributed by atoms with van der Waals surface area (Å²) in [5.41, 5.74) is 1.04. The van der Waals surface area contributed by atoms with E-state index in [1.54, 1.807) is 49.8 Å². The highest BCUT2D eigenvalue weighted by Gasteiger charge is 2.31. The number of halogens is 3. The molecule has 5 rings (SSSR count). The van der Waals surface area contributed by atoms with Gasteiger partial charge in [-0.3, -0.25) is 0 Å². The molecule has 11 nitrogen and oxygen atoms in total. The molecule has 0 unspecified atom stereocenters. The van der Waals surface area contributed by atoms with Crippen LogP contribution in [0.5, 0.6) is 29.1 Å². The highest BCUT2D eigenvalue weighted by molar-refractivity contribution is 6.08. The van der Waals surface area contributed by atoms with Crippen LogP contribution in [0.3, 0.4) is 0 Å². The van der Waals surface area contributed by atoms with E-state index in [0.717, 1.165) is 12.1 Å². The third kappa shape index (κ3) is 7.61. The van der Waals surface area contributed by atoms with Crippen LogP contribution in [0.25, 0.3) is 10.8 Å². The van der Waals surface area contributed by atoms with Crippen molar-refractivity contribution < 1.29 is 36.9 Å². The molecule has 2 amide bonds. The van der Waals surface area contributed by atoms with E-state index in [-0.39, 0.29) is 23.3 Å². The Bertz CT molecular complexity index is 1730. The first-order valence-corrected chi connectivity index (χ1v) is 12.8. The minimum Gasteiger partial charge on any atom is -0.495 e. The molecule has 0 fully saturated rings. The minimum atomic E-state index is -4.89. The topological polar surface area (TPSA) is 122 Å². The number of nitrogens with one attached hydrogen (secondary N) is 2. The van der Waals surface area contributed by atoms with E-state index in [9.17, 15) is 18.0 Å². The summed E-state index contributed by atoms with van der Waals surface area (Å²) in [5, 5.41) is 6.53. The van der Waals surface area contributed by atoms with Gasteiger partial charge in [-0.2, -0.15) is 4.98 Å². The quantitative estimate of drug-likeness (QED) is 0.187. The molecule has 0 atom stereocenters. The maximum atomic E-state index is 12.9. The molecule has 0 aliphatic carbocycles. The fraction of sp³-hybridized carbons (Fsp3) is 0.172. The number of benzene rings is 3. The van der Waals surface area contributed by atoms with Crippen LogP contribution in [-0.2, 0) is 6.54 Å². The van der Waals surface area contributed by atoms with Gasteiger partial charge in [0.05, 0.1) is 31.4 Å². The Labute approximate surface area is 243 Å². The summed E-state index contributed by atoms with van der Waals surface area (Å²) in [6.07, 6.45) is 0.296. The van der Waals surface area contributed by atoms with Crippen LogP contribution in [0.1, 0.15) is 5.69 Å². The van der Waals surface area contributed by atoms with Crippen LogP contribution in [0, 0.1) is 6.92 Å². The van der Waals surface area contributed by atoms with Crippen molar-refractivity contribution >= 4 is 28.2 Å². The second-order valence-corrected chi connectivity index (χ2v) is 9.03. The average molecular weight is 595 g/mol. The molecule has 0 saturated heterocycles. The summed E-state index contributed by atoms with van der Waals surface area (Å²) in [4.78, 5) is 25.6. The standard InChI is InChI=1S/C29H25F3N6O5/c1-18-15-26(37-28(34-18)41-14-13-38-12-11-33-17-38)42-24-10-8-22(20-5-3-4-6-21(20)24)35-27(39)36-23-16-19(43-29(30,31)32)7-9-25(23)40-2/h3-12,15-17H,13-14H2,1-2H3,(H2,35,36,39). The van der Waals surface area contributed by atoms with Gasteiger partial charge in [-0.1, -0.05) is 24.3 Å². The molecule has 3 aromatic carbocycles. The van der Waals surface area contributed by atoms with Crippen LogP contribution in [0.2, 0.25) is 0 Å². The summed E-state index contributed by atoms with van der Waals surface area (Å²) < 4.78 is 60.8. The number of hydrogen-bond acceptors (Lipinski definition) is 8. The minimum absolute atomic E-state index is 0.0202. The molecule has 14 heteroatoms. The van der Waals surface area contributed by atoms with Gasteiger partial charge in [0.1, 0.15) is 23.9 Å². The number of aryl methyl sites for hydroxylation is 1. The molecule has 0 radical (unpaired) electrons. The van der Waals surface area contributed by atoms with Gasteiger partial charge in [-0.25, -0.2) is 14.8 Å². The Morgan fingerprint density at radius 2 is 1.72 bits per heavy atom. The molecule has 222 valence electrons. The van der Waals surface area contributed by atoms with Crippen LogP contribution >= 0.6 is 0 Å². The second-order valence-electron chi connectivity index (χ2n) is 9.03. The smallest absolute Gasteiger partial charge is 0.495 e. The van der Waals surface area contributed by atoms with Crippen molar-refractivity contribution in [2.45, 2.75) is 19.8 Å². The van der Waals surface area contributed by atoms with Crippen molar-refractivity contribution in [3.8, 4) is 29.1 Å². The number of fused-ring (bicyclic) bond motifs is 1. The molecule has 0 bridgehead atoms. The lowest BCUT2D eigenvalue weighted by Gasteiger charge is -2.16. The lowest BCUT2D eigenvalue weighted by Crippen LogP contribution is -2.21. The third-order valence-corrected chi connectivity index (χ3v) is 5.95. The fourth-order valence-electron chi connectivity index (χ4n) is 4.13. The van der Waals surface area contributed by atoms with E-state index in [0.29, 0.717) is 41.1 Å². The molecule has 0 aliphatic rings. The number of hydrogen-bond donors (Lipinski definition) is 2. The zero-order chi connectivity index (χ0) is 30.4. The molecule has 0 aliphatic heterocycles. The average Bonchev–Trinajstić information content (AvgIpc) is 3.47. The predicted molar refractivity (Wildman–Crippen MR) is 151 cm³/mol. The Kier molecular flexibility index (Phi) is 8.46. The Balaban J connectivity index is 1.32.